The molecule has 5 nitrogen and oxygen atoms in total. The highest BCUT2D eigenvalue weighted by Gasteiger charge is 2.02. The van der Waals surface area contributed by atoms with E-state index in [4.69, 9.17) is 5.84 Å². The van der Waals surface area contributed by atoms with Gasteiger partial charge in [0.2, 0.25) is 5.95 Å². The quantitative estimate of drug-likeness (QED) is 0.600. The summed E-state index contributed by atoms with van der Waals surface area (Å²) < 4.78 is 1.05. The summed E-state index contributed by atoms with van der Waals surface area (Å²) in [6, 6.07) is 7.88. The van der Waals surface area contributed by atoms with Gasteiger partial charge in [0, 0.05) is 21.9 Å². The van der Waals surface area contributed by atoms with E-state index in [1.807, 2.05) is 38.1 Å². The lowest BCUT2D eigenvalue weighted by molar-refractivity contribution is 1.07. The maximum absolute atomic E-state index is 5.31. The van der Waals surface area contributed by atoms with Gasteiger partial charge < -0.3 is 5.32 Å². The number of nitrogens with one attached hydrogen (secondary N) is 2. The Hall–Kier alpha value is -1.66. The van der Waals surface area contributed by atoms with Gasteiger partial charge in [-0.05, 0) is 31.5 Å². The van der Waals surface area contributed by atoms with Crippen LogP contribution < -0.4 is 16.6 Å². The van der Waals surface area contributed by atoms with Crippen LogP contribution in [-0.2, 0) is 0 Å². The number of aromatic nitrogens is 2. The highest BCUT2D eigenvalue weighted by atomic mass is 79.9. The molecule has 0 bridgehead atoms. The molecule has 4 N–H and O–H groups in total. The Labute approximate surface area is 114 Å². The number of aryl methyl sites for hydroxylation is 2. The van der Waals surface area contributed by atoms with Crippen LogP contribution in [0.15, 0.2) is 28.7 Å². The Morgan fingerprint density at radius 3 is 2.61 bits per heavy atom. The Morgan fingerprint density at radius 2 is 1.94 bits per heavy atom. The van der Waals surface area contributed by atoms with E-state index in [0.717, 1.165) is 15.9 Å². The first-order valence-electron chi connectivity index (χ1n) is 5.44. The minimum atomic E-state index is 0.392. The first-order chi connectivity index (χ1) is 8.58. The smallest absolute Gasteiger partial charge is 0.239 e. The first kappa shape index (κ1) is 12.8. The Balaban J connectivity index is 2.27. The van der Waals surface area contributed by atoms with E-state index >= 15 is 0 Å². The van der Waals surface area contributed by atoms with E-state index in [0.29, 0.717) is 11.8 Å². The third-order valence-electron chi connectivity index (χ3n) is 2.43. The number of halogens is 1. The first-order valence-corrected chi connectivity index (χ1v) is 6.23. The van der Waals surface area contributed by atoms with Gasteiger partial charge in [-0.3, -0.25) is 5.43 Å². The summed E-state index contributed by atoms with van der Waals surface area (Å²) in [4.78, 5) is 8.35. The van der Waals surface area contributed by atoms with Gasteiger partial charge in [-0.15, -0.1) is 0 Å². The minimum Gasteiger partial charge on any atom is -0.340 e. The Bertz CT molecular complexity index is 570. The molecule has 2 rings (SSSR count). The van der Waals surface area contributed by atoms with Crippen LogP contribution in [0.2, 0.25) is 0 Å². The molecular formula is C12H14BrN5. The van der Waals surface area contributed by atoms with Crippen molar-refractivity contribution in [2.45, 2.75) is 13.8 Å². The zero-order valence-electron chi connectivity index (χ0n) is 10.2. The van der Waals surface area contributed by atoms with Gasteiger partial charge >= 0.3 is 0 Å². The number of hydrogen-bond donors (Lipinski definition) is 3. The lowest BCUT2D eigenvalue weighted by Gasteiger charge is -2.09. The fourth-order valence-electron chi connectivity index (χ4n) is 1.52. The number of hydrazine groups is 1. The summed E-state index contributed by atoms with van der Waals surface area (Å²) in [5.41, 5.74) is 5.42. The van der Waals surface area contributed by atoms with Crippen molar-refractivity contribution in [2.24, 2.45) is 5.84 Å². The van der Waals surface area contributed by atoms with Crippen molar-refractivity contribution >= 4 is 33.4 Å². The summed E-state index contributed by atoms with van der Waals surface area (Å²) in [5.74, 6) is 6.41. The predicted molar refractivity (Wildman–Crippen MR) is 76.7 cm³/mol. The van der Waals surface area contributed by atoms with Crippen LogP contribution in [-0.4, -0.2) is 9.97 Å². The molecule has 0 aliphatic rings. The van der Waals surface area contributed by atoms with Crippen molar-refractivity contribution in [3.05, 3.63) is 40.0 Å². The Morgan fingerprint density at radius 1 is 1.17 bits per heavy atom. The maximum Gasteiger partial charge on any atom is 0.239 e. The Kier molecular flexibility index (Phi) is 3.78. The summed E-state index contributed by atoms with van der Waals surface area (Å²) >= 11 is 3.50. The average Bonchev–Trinajstić information content (AvgIpc) is 2.33. The third kappa shape index (κ3) is 2.96. The van der Waals surface area contributed by atoms with E-state index in [1.54, 1.807) is 0 Å². The molecule has 0 atom stereocenters. The molecule has 0 aliphatic carbocycles. The lowest BCUT2D eigenvalue weighted by Crippen LogP contribution is -2.11. The van der Waals surface area contributed by atoms with Crippen LogP contribution in [0.3, 0.4) is 0 Å². The SMILES string of the molecule is Cc1cc(Nc2ccc(C)c(Br)c2)nc(NN)n1. The van der Waals surface area contributed by atoms with Gasteiger partial charge in [0.25, 0.3) is 0 Å². The van der Waals surface area contributed by atoms with Crippen molar-refractivity contribution in [1.82, 2.24) is 9.97 Å². The lowest BCUT2D eigenvalue weighted by atomic mass is 10.2. The van der Waals surface area contributed by atoms with Gasteiger partial charge in [0.05, 0.1) is 0 Å². The van der Waals surface area contributed by atoms with E-state index in [-0.39, 0.29) is 0 Å². The molecule has 0 amide bonds. The van der Waals surface area contributed by atoms with Gasteiger partial charge in [0.15, 0.2) is 0 Å². The number of benzene rings is 1. The van der Waals surface area contributed by atoms with Crippen LogP contribution in [0.4, 0.5) is 17.5 Å². The van der Waals surface area contributed by atoms with Gasteiger partial charge in [0.1, 0.15) is 5.82 Å². The second-order valence-electron chi connectivity index (χ2n) is 3.95. The van der Waals surface area contributed by atoms with E-state index in [1.165, 1.54) is 5.56 Å². The van der Waals surface area contributed by atoms with Crippen LogP contribution in [0, 0.1) is 13.8 Å². The summed E-state index contributed by atoms with van der Waals surface area (Å²) in [5, 5.41) is 3.21. The molecule has 94 valence electrons. The zero-order chi connectivity index (χ0) is 13.1. The van der Waals surface area contributed by atoms with E-state index in [9.17, 15) is 0 Å². The molecule has 0 unspecified atom stereocenters. The van der Waals surface area contributed by atoms with Crippen LogP contribution >= 0.6 is 15.9 Å². The number of anilines is 3. The number of nitrogen functional groups attached to an aromatic ring is 1. The molecule has 0 saturated carbocycles. The summed E-state index contributed by atoms with van der Waals surface area (Å²) in [6.07, 6.45) is 0. The molecular weight excluding hydrogens is 294 g/mol. The molecule has 0 radical (unpaired) electrons. The number of hydrogen-bond acceptors (Lipinski definition) is 5. The average molecular weight is 308 g/mol. The maximum atomic E-state index is 5.31. The second-order valence-corrected chi connectivity index (χ2v) is 4.81. The normalized spacial score (nSPS) is 10.2. The predicted octanol–water partition coefficient (Wildman–Crippen LogP) is 2.89. The van der Waals surface area contributed by atoms with Crippen LogP contribution in [0.1, 0.15) is 11.3 Å². The van der Waals surface area contributed by atoms with Gasteiger partial charge in [-0.2, -0.15) is 4.98 Å². The number of nitrogens with zero attached hydrogens (tertiary/aromatic N) is 2. The molecule has 0 fully saturated rings. The fourth-order valence-corrected chi connectivity index (χ4v) is 1.89. The standard InChI is InChI=1S/C12H14BrN5/c1-7-3-4-9(6-10(7)13)16-11-5-8(2)15-12(17-11)18-14/h3-6H,14H2,1-2H3,(H2,15,16,17,18). The van der Waals surface area contributed by atoms with E-state index in [2.05, 4.69) is 36.6 Å². The summed E-state index contributed by atoms with van der Waals surface area (Å²) in [7, 11) is 0. The number of nitrogens with two attached hydrogens (primary N) is 1. The minimum absolute atomic E-state index is 0.392. The molecule has 0 spiro atoms. The molecule has 1 aromatic carbocycles. The monoisotopic (exact) mass is 307 g/mol. The van der Waals surface area contributed by atoms with Crippen molar-refractivity contribution in [2.75, 3.05) is 10.7 Å². The van der Waals surface area contributed by atoms with Crippen LogP contribution in [0.25, 0.3) is 0 Å². The molecule has 1 heterocycles. The van der Waals surface area contributed by atoms with Crippen molar-refractivity contribution < 1.29 is 0 Å². The third-order valence-corrected chi connectivity index (χ3v) is 3.28. The molecule has 6 heteroatoms. The molecule has 18 heavy (non-hydrogen) atoms. The largest absolute Gasteiger partial charge is 0.340 e. The second kappa shape index (κ2) is 5.32. The molecule has 1 aromatic heterocycles. The van der Waals surface area contributed by atoms with Crippen LogP contribution in [0.5, 0.6) is 0 Å². The number of rotatable bonds is 3. The topological polar surface area (TPSA) is 75.9 Å². The van der Waals surface area contributed by atoms with Crippen molar-refractivity contribution in [3.63, 3.8) is 0 Å². The zero-order valence-corrected chi connectivity index (χ0v) is 11.7. The summed E-state index contributed by atoms with van der Waals surface area (Å²) in [6.45, 7) is 3.93. The highest BCUT2D eigenvalue weighted by Crippen LogP contribution is 2.23. The molecule has 0 aliphatic heterocycles. The van der Waals surface area contributed by atoms with Gasteiger partial charge in [-0.25, -0.2) is 10.8 Å². The molecule has 0 saturated heterocycles. The highest BCUT2D eigenvalue weighted by molar-refractivity contribution is 9.10. The fraction of sp³-hybridized carbons (Fsp3) is 0.167. The van der Waals surface area contributed by atoms with E-state index < -0.39 is 0 Å². The molecule has 2 aromatic rings. The van der Waals surface area contributed by atoms with Gasteiger partial charge in [-0.1, -0.05) is 22.0 Å². The van der Waals surface area contributed by atoms with Crippen molar-refractivity contribution in [3.8, 4) is 0 Å². The van der Waals surface area contributed by atoms with Crippen molar-refractivity contribution in [1.29, 1.82) is 0 Å².